The Morgan fingerprint density at radius 3 is 2.05 bits per heavy atom. The first kappa shape index (κ1) is 14.9. The summed E-state index contributed by atoms with van der Waals surface area (Å²) in [7, 11) is 0. The average molecular weight is 335 g/mol. The van der Waals surface area contributed by atoms with E-state index < -0.39 is 0 Å². The van der Waals surface area contributed by atoms with E-state index in [0.717, 1.165) is 0 Å². The van der Waals surface area contributed by atoms with Crippen molar-refractivity contribution in [1.29, 1.82) is 0 Å². The zero-order chi connectivity index (χ0) is 14.9. The Morgan fingerprint density at radius 2 is 1.55 bits per heavy atom. The van der Waals surface area contributed by atoms with Crippen LogP contribution in [0.5, 0.6) is 0 Å². The van der Waals surface area contributed by atoms with Crippen LogP contribution in [0.1, 0.15) is 42.3 Å². The minimum absolute atomic E-state index is 0.0560. The van der Waals surface area contributed by atoms with Gasteiger partial charge in [0.1, 0.15) is 5.82 Å². The van der Waals surface area contributed by atoms with Crippen LogP contribution in [0.15, 0.2) is 46.9 Å². The summed E-state index contributed by atoms with van der Waals surface area (Å²) in [6.45, 7) is 6.38. The molecule has 2 rings (SSSR count). The summed E-state index contributed by atoms with van der Waals surface area (Å²) in [5.74, 6) is -0.476. The third kappa shape index (κ3) is 3.15. The molecule has 104 valence electrons. The van der Waals surface area contributed by atoms with Gasteiger partial charge in [-0.15, -0.1) is 0 Å². The highest BCUT2D eigenvalue weighted by Gasteiger charge is 2.15. The van der Waals surface area contributed by atoms with Gasteiger partial charge >= 0.3 is 0 Å². The fraction of sp³-hybridized carbons (Fsp3) is 0.235. The Hall–Kier alpha value is -1.48. The van der Waals surface area contributed by atoms with Gasteiger partial charge in [-0.05, 0) is 45.1 Å². The van der Waals surface area contributed by atoms with Gasteiger partial charge in [-0.3, -0.25) is 4.79 Å². The van der Waals surface area contributed by atoms with E-state index in [1.807, 2.05) is 24.3 Å². The quantitative estimate of drug-likeness (QED) is 0.697. The van der Waals surface area contributed by atoms with E-state index in [9.17, 15) is 9.18 Å². The normalized spacial score (nSPS) is 11.4. The summed E-state index contributed by atoms with van der Waals surface area (Å²) < 4.78 is 13.5. The Labute approximate surface area is 127 Å². The van der Waals surface area contributed by atoms with Gasteiger partial charge in [-0.1, -0.05) is 45.0 Å². The number of halogens is 2. The Kier molecular flexibility index (Phi) is 4.09. The summed E-state index contributed by atoms with van der Waals surface area (Å²) in [4.78, 5) is 12.3. The third-order valence-corrected chi connectivity index (χ3v) is 3.80. The molecule has 0 aliphatic heterocycles. The van der Waals surface area contributed by atoms with Crippen LogP contribution in [0.25, 0.3) is 0 Å². The molecule has 1 nitrogen and oxygen atoms in total. The molecule has 0 heterocycles. The second-order valence-corrected chi connectivity index (χ2v) is 6.64. The molecule has 0 amide bonds. The van der Waals surface area contributed by atoms with Gasteiger partial charge in [0.25, 0.3) is 0 Å². The van der Waals surface area contributed by atoms with Crippen LogP contribution in [0, 0.1) is 5.82 Å². The van der Waals surface area contributed by atoms with E-state index in [1.54, 1.807) is 0 Å². The SMILES string of the molecule is CC(C)(C)c1ccc(C(=O)c2ccc(F)c(Br)c2)cc1. The number of benzene rings is 2. The summed E-state index contributed by atoms with van der Waals surface area (Å²) >= 11 is 3.10. The lowest BCUT2D eigenvalue weighted by Crippen LogP contribution is -2.11. The molecule has 0 N–H and O–H groups in total. The zero-order valence-corrected chi connectivity index (χ0v) is 13.3. The number of hydrogen-bond donors (Lipinski definition) is 0. The Bertz CT molecular complexity index is 639. The predicted octanol–water partition coefficient (Wildman–Crippen LogP) is 5.12. The number of hydrogen-bond acceptors (Lipinski definition) is 1. The van der Waals surface area contributed by atoms with Crippen LogP contribution in [0.2, 0.25) is 0 Å². The zero-order valence-electron chi connectivity index (χ0n) is 11.7. The largest absolute Gasteiger partial charge is 0.289 e. The number of rotatable bonds is 2. The number of carbonyl (C=O) groups excluding carboxylic acids is 1. The fourth-order valence-corrected chi connectivity index (χ4v) is 2.30. The second kappa shape index (κ2) is 5.49. The van der Waals surface area contributed by atoms with Crippen molar-refractivity contribution in [1.82, 2.24) is 0 Å². The summed E-state index contributed by atoms with van der Waals surface area (Å²) in [5, 5.41) is 0. The third-order valence-electron chi connectivity index (χ3n) is 3.19. The molecule has 0 aliphatic rings. The van der Waals surface area contributed by atoms with Crippen molar-refractivity contribution in [2.24, 2.45) is 0 Å². The van der Waals surface area contributed by atoms with E-state index in [1.165, 1.54) is 23.8 Å². The van der Waals surface area contributed by atoms with Crippen molar-refractivity contribution in [3.8, 4) is 0 Å². The predicted molar refractivity (Wildman–Crippen MR) is 82.7 cm³/mol. The highest BCUT2D eigenvalue weighted by Crippen LogP contribution is 2.24. The molecule has 0 aromatic heterocycles. The van der Waals surface area contributed by atoms with E-state index in [-0.39, 0.29) is 17.0 Å². The molecule has 0 bridgehead atoms. The van der Waals surface area contributed by atoms with Gasteiger partial charge in [0.2, 0.25) is 0 Å². The first-order valence-electron chi connectivity index (χ1n) is 6.39. The molecule has 0 fully saturated rings. The number of ketones is 1. The molecule has 0 saturated carbocycles. The van der Waals surface area contributed by atoms with Gasteiger partial charge in [0.05, 0.1) is 4.47 Å². The summed E-state index contributed by atoms with van der Waals surface area (Å²) in [5.41, 5.74) is 2.31. The molecule has 0 aliphatic carbocycles. The molecule has 0 unspecified atom stereocenters. The molecule has 0 saturated heterocycles. The first-order valence-corrected chi connectivity index (χ1v) is 7.18. The van der Waals surface area contributed by atoms with Gasteiger partial charge < -0.3 is 0 Å². The lowest BCUT2D eigenvalue weighted by atomic mass is 9.86. The van der Waals surface area contributed by atoms with Crippen LogP contribution >= 0.6 is 15.9 Å². The first-order chi connectivity index (χ1) is 9.29. The molecule has 0 radical (unpaired) electrons. The molecule has 0 atom stereocenters. The second-order valence-electron chi connectivity index (χ2n) is 5.79. The van der Waals surface area contributed by atoms with Crippen molar-refractivity contribution in [3.63, 3.8) is 0 Å². The van der Waals surface area contributed by atoms with Crippen LogP contribution < -0.4 is 0 Å². The van der Waals surface area contributed by atoms with E-state index in [2.05, 4.69) is 36.7 Å². The minimum atomic E-state index is -0.371. The minimum Gasteiger partial charge on any atom is -0.289 e. The van der Waals surface area contributed by atoms with Crippen molar-refractivity contribution < 1.29 is 9.18 Å². The fourth-order valence-electron chi connectivity index (χ4n) is 1.93. The molecular formula is C17H16BrFO. The maximum atomic E-state index is 13.2. The van der Waals surface area contributed by atoms with Gasteiger partial charge in [-0.25, -0.2) is 4.39 Å². The van der Waals surface area contributed by atoms with Crippen LogP contribution in [-0.4, -0.2) is 5.78 Å². The smallest absolute Gasteiger partial charge is 0.193 e. The summed E-state index contributed by atoms with van der Waals surface area (Å²) in [6.07, 6.45) is 0. The van der Waals surface area contributed by atoms with Gasteiger partial charge in [-0.2, -0.15) is 0 Å². The highest BCUT2D eigenvalue weighted by molar-refractivity contribution is 9.10. The topological polar surface area (TPSA) is 17.1 Å². The lowest BCUT2D eigenvalue weighted by Gasteiger charge is -2.19. The van der Waals surface area contributed by atoms with E-state index in [4.69, 9.17) is 0 Å². The molecule has 20 heavy (non-hydrogen) atoms. The van der Waals surface area contributed by atoms with Crippen molar-refractivity contribution in [3.05, 3.63) is 69.4 Å². The van der Waals surface area contributed by atoms with Crippen molar-refractivity contribution in [2.45, 2.75) is 26.2 Å². The standard InChI is InChI=1S/C17H16BrFO/c1-17(2,3)13-7-4-11(5-8-13)16(20)12-6-9-15(19)14(18)10-12/h4-10H,1-3H3. The van der Waals surface area contributed by atoms with Crippen molar-refractivity contribution >= 4 is 21.7 Å². The number of carbonyl (C=O) groups is 1. The Balaban J connectivity index is 2.31. The van der Waals surface area contributed by atoms with Crippen molar-refractivity contribution in [2.75, 3.05) is 0 Å². The average Bonchev–Trinajstić information content (AvgIpc) is 2.40. The van der Waals surface area contributed by atoms with E-state index >= 15 is 0 Å². The monoisotopic (exact) mass is 334 g/mol. The molecule has 2 aromatic carbocycles. The van der Waals surface area contributed by atoms with Crippen LogP contribution in [0.4, 0.5) is 4.39 Å². The summed E-state index contributed by atoms with van der Waals surface area (Å²) in [6, 6.07) is 11.9. The molecular weight excluding hydrogens is 319 g/mol. The van der Waals surface area contributed by atoms with E-state index in [0.29, 0.717) is 15.6 Å². The van der Waals surface area contributed by atoms with Gasteiger partial charge in [0.15, 0.2) is 5.78 Å². The van der Waals surface area contributed by atoms with Crippen LogP contribution in [0.3, 0.4) is 0 Å². The van der Waals surface area contributed by atoms with Crippen LogP contribution in [-0.2, 0) is 5.41 Å². The maximum absolute atomic E-state index is 13.2. The maximum Gasteiger partial charge on any atom is 0.193 e. The highest BCUT2D eigenvalue weighted by atomic mass is 79.9. The lowest BCUT2D eigenvalue weighted by molar-refractivity contribution is 0.103. The Morgan fingerprint density at radius 1 is 1.00 bits per heavy atom. The molecule has 0 spiro atoms. The molecule has 3 heteroatoms. The van der Waals surface area contributed by atoms with Gasteiger partial charge in [0, 0.05) is 11.1 Å². The molecule has 2 aromatic rings.